The van der Waals surface area contributed by atoms with E-state index in [0.717, 1.165) is 30.1 Å². The molecule has 10 nitrogen and oxygen atoms in total. The lowest BCUT2D eigenvalue weighted by Crippen LogP contribution is -2.55. The monoisotopic (exact) mass is 511 g/mol. The summed E-state index contributed by atoms with van der Waals surface area (Å²) in [6.45, 7) is 1.69. The maximum Gasteiger partial charge on any atom is 0.280 e. The van der Waals surface area contributed by atoms with E-state index < -0.39 is 6.04 Å². The van der Waals surface area contributed by atoms with Gasteiger partial charge in [-0.1, -0.05) is 12.1 Å². The minimum Gasteiger partial charge on any atom is -0.384 e. The molecule has 1 aromatic carbocycles. The maximum atomic E-state index is 13.2. The highest BCUT2D eigenvalue weighted by Crippen LogP contribution is 2.28. The normalized spacial score (nSPS) is 21.8. The predicted molar refractivity (Wildman–Crippen MR) is 138 cm³/mol. The summed E-state index contributed by atoms with van der Waals surface area (Å²) >= 11 is 1.40. The number of benzene rings is 1. The zero-order valence-electron chi connectivity index (χ0n) is 20.8. The van der Waals surface area contributed by atoms with Gasteiger partial charge < -0.3 is 26.2 Å². The van der Waals surface area contributed by atoms with Crippen LogP contribution in [0.5, 0.6) is 0 Å². The van der Waals surface area contributed by atoms with Gasteiger partial charge in [-0.25, -0.2) is 4.98 Å². The Balaban J connectivity index is 1.51. The molecule has 2 aromatic rings. The molecule has 3 amide bonds. The molecule has 4 rings (SSSR count). The smallest absolute Gasteiger partial charge is 0.280 e. The van der Waals surface area contributed by atoms with E-state index in [4.69, 9.17) is 11.1 Å². The quantitative estimate of drug-likeness (QED) is 0.339. The number of rotatable bonds is 6. The summed E-state index contributed by atoms with van der Waals surface area (Å²) in [7, 11) is 5.50. The van der Waals surface area contributed by atoms with Gasteiger partial charge in [-0.05, 0) is 38.4 Å². The molecule has 1 aliphatic heterocycles. The number of nitrogen functional groups attached to an aromatic ring is 1. The lowest BCUT2D eigenvalue weighted by Gasteiger charge is -2.37. The van der Waals surface area contributed by atoms with Crippen molar-refractivity contribution in [2.24, 2.45) is 11.7 Å². The largest absolute Gasteiger partial charge is 0.384 e. The van der Waals surface area contributed by atoms with Crippen molar-refractivity contribution < 1.29 is 14.4 Å². The van der Waals surface area contributed by atoms with Gasteiger partial charge in [0.1, 0.15) is 5.84 Å². The second kappa shape index (κ2) is 10.8. The van der Waals surface area contributed by atoms with Gasteiger partial charge in [-0.2, -0.15) is 0 Å². The van der Waals surface area contributed by atoms with Crippen LogP contribution in [0.1, 0.15) is 55.6 Å². The summed E-state index contributed by atoms with van der Waals surface area (Å²) in [4.78, 5) is 48.4. The minimum atomic E-state index is -0.427. The van der Waals surface area contributed by atoms with E-state index in [2.05, 4.69) is 20.5 Å². The molecule has 0 radical (unpaired) electrons. The van der Waals surface area contributed by atoms with Crippen LogP contribution in [0, 0.1) is 11.3 Å². The Labute approximate surface area is 214 Å². The first-order valence-electron chi connectivity index (χ1n) is 12.1. The first kappa shape index (κ1) is 25.8. The van der Waals surface area contributed by atoms with Crippen LogP contribution in [-0.4, -0.2) is 78.1 Å². The van der Waals surface area contributed by atoms with Gasteiger partial charge in [0.2, 0.25) is 5.91 Å². The number of carbonyl (C=O) groups is 3. The third-order valence-corrected chi connectivity index (χ3v) is 7.91. The molecule has 2 heterocycles. The molecule has 2 aliphatic rings. The number of amides is 3. The topological polar surface area (TPSA) is 145 Å². The van der Waals surface area contributed by atoms with Crippen molar-refractivity contribution in [3.63, 3.8) is 0 Å². The van der Waals surface area contributed by atoms with E-state index in [1.165, 1.54) is 11.3 Å². The molecule has 0 bridgehead atoms. The number of amidine groups is 1. The highest BCUT2D eigenvalue weighted by molar-refractivity contribution is 7.13. The van der Waals surface area contributed by atoms with Crippen molar-refractivity contribution >= 4 is 34.9 Å². The number of nitrogens with one attached hydrogen (secondary N) is 3. The number of aromatic nitrogens is 1. The first-order valence-corrected chi connectivity index (χ1v) is 12.9. The van der Waals surface area contributed by atoms with Crippen LogP contribution < -0.4 is 16.4 Å². The second-order valence-electron chi connectivity index (χ2n) is 9.77. The van der Waals surface area contributed by atoms with Gasteiger partial charge in [0.15, 0.2) is 5.01 Å². The number of carbonyl (C=O) groups excluding carboxylic acids is 3. The third-order valence-electron chi connectivity index (χ3n) is 6.83. The molecule has 3 atom stereocenters. The average Bonchev–Trinajstić information content (AvgIpc) is 3.28. The highest BCUT2D eigenvalue weighted by Gasteiger charge is 2.37. The van der Waals surface area contributed by atoms with E-state index in [1.54, 1.807) is 43.3 Å². The number of thiazole rings is 1. The van der Waals surface area contributed by atoms with Gasteiger partial charge >= 0.3 is 0 Å². The summed E-state index contributed by atoms with van der Waals surface area (Å²) in [5, 5.41) is 14.2. The SMILES string of the molecule is CN1CCc2nc(C(=O)NC3CC(C(=O)N(C)C)CCC3NC(=O)c3cccc(C(=N)N)c3)sc2C1. The fraction of sp³-hybridized carbons (Fsp3) is 0.480. The first-order chi connectivity index (χ1) is 17.1. The van der Waals surface area contributed by atoms with Crippen molar-refractivity contribution in [1.82, 2.24) is 25.4 Å². The molecule has 1 aromatic heterocycles. The van der Waals surface area contributed by atoms with Crippen LogP contribution in [0.25, 0.3) is 0 Å². The summed E-state index contributed by atoms with van der Waals surface area (Å²) in [6, 6.07) is 5.81. The van der Waals surface area contributed by atoms with E-state index >= 15 is 0 Å². The Bertz CT molecular complexity index is 1180. The van der Waals surface area contributed by atoms with Crippen LogP contribution in [0.2, 0.25) is 0 Å². The Morgan fingerprint density at radius 2 is 1.86 bits per heavy atom. The molecule has 1 saturated carbocycles. The van der Waals surface area contributed by atoms with Gasteiger partial charge in [-0.15, -0.1) is 11.3 Å². The van der Waals surface area contributed by atoms with Gasteiger partial charge in [0.05, 0.1) is 11.7 Å². The van der Waals surface area contributed by atoms with Crippen molar-refractivity contribution in [2.75, 3.05) is 27.7 Å². The number of fused-ring (bicyclic) bond motifs is 1. The summed E-state index contributed by atoms with van der Waals surface area (Å²) in [5.74, 6) is -0.932. The number of nitrogens with zero attached hydrogens (tertiary/aromatic N) is 3. The van der Waals surface area contributed by atoms with Crippen LogP contribution in [-0.2, 0) is 17.8 Å². The van der Waals surface area contributed by atoms with Crippen molar-refractivity contribution in [1.29, 1.82) is 5.41 Å². The molecular weight excluding hydrogens is 478 g/mol. The summed E-state index contributed by atoms with van der Waals surface area (Å²) < 4.78 is 0. The number of hydrogen-bond acceptors (Lipinski definition) is 7. The van der Waals surface area contributed by atoms with E-state index in [9.17, 15) is 14.4 Å². The predicted octanol–water partition coefficient (Wildman–Crippen LogP) is 1.20. The molecule has 3 unspecified atom stereocenters. The Hall–Kier alpha value is -3.31. The number of hydrogen-bond donors (Lipinski definition) is 4. The van der Waals surface area contributed by atoms with Gasteiger partial charge in [0.25, 0.3) is 11.8 Å². The Morgan fingerprint density at radius 1 is 1.14 bits per heavy atom. The van der Waals surface area contributed by atoms with Crippen molar-refractivity contribution in [3.8, 4) is 0 Å². The van der Waals surface area contributed by atoms with E-state index in [-0.39, 0.29) is 35.5 Å². The van der Waals surface area contributed by atoms with Crippen molar-refractivity contribution in [3.05, 3.63) is 51.0 Å². The molecule has 192 valence electrons. The van der Waals surface area contributed by atoms with Crippen LogP contribution in [0.3, 0.4) is 0 Å². The van der Waals surface area contributed by atoms with Gasteiger partial charge in [0, 0.05) is 61.6 Å². The molecule has 36 heavy (non-hydrogen) atoms. The van der Waals surface area contributed by atoms with Crippen LogP contribution in [0.4, 0.5) is 0 Å². The zero-order valence-corrected chi connectivity index (χ0v) is 21.7. The summed E-state index contributed by atoms with van der Waals surface area (Å²) in [5.41, 5.74) is 7.40. The summed E-state index contributed by atoms with van der Waals surface area (Å²) in [6.07, 6.45) is 2.40. The van der Waals surface area contributed by atoms with E-state index in [0.29, 0.717) is 35.4 Å². The molecule has 0 spiro atoms. The molecule has 1 aliphatic carbocycles. The van der Waals surface area contributed by atoms with Crippen LogP contribution >= 0.6 is 11.3 Å². The lowest BCUT2D eigenvalue weighted by molar-refractivity contribution is -0.134. The Morgan fingerprint density at radius 3 is 2.58 bits per heavy atom. The minimum absolute atomic E-state index is 0.0148. The number of likely N-dealkylation sites (N-methyl/N-ethyl adjacent to an activating group) is 1. The standard InChI is InChI=1S/C25H33N7O3S/c1-31(2)25(35)16-7-8-17(28-22(33)15-6-4-5-14(11-15)21(26)27)19(12-16)29-23(34)24-30-18-9-10-32(3)13-20(18)36-24/h4-6,11,16-17,19H,7-10,12-13H2,1-3H3,(H3,26,27)(H,28,33)(H,29,34). The fourth-order valence-electron chi connectivity index (χ4n) is 4.82. The van der Waals surface area contributed by atoms with Crippen molar-refractivity contribution in [2.45, 2.75) is 44.3 Å². The molecule has 5 N–H and O–H groups in total. The molecule has 1 fully saturated rings. The third kappa shape index (κ3) is 5.73. The van der Waals surface area contributed by atoms with Gasteiger partial charge in [-0.3, -0.25) is 19.8 Å². The van der Waals surface area contributed by atoms with Crippen LogP contribution in [0.15, 0.2) is 24.3 Å². The lowest BCUT2D eigenvalue weighted by atomic mass is 9.81. The highest BCUT2D eigenvalue weighted by atomic mass is 32.1. The Kier molecular flexibility index (Phi) is 7.70. The molecular formula is C25H33N7O3S. The second-order valence-corrected chi connectivity index (χ2v) is 10.9. The maximum absolute atomic E-state index is 13.2. The molecule has 11 heteroatoms. The van der Waals surface area contributed by atoms with E-state index in [1.807, 2.05) is 7.05 Å². The number of nitrogens with two attached hydrogens (primary N) is 1. The zero-order chi connectivity index (χ0) is 26.0. The average molecular weight is 512 g/mol. The molecule has 0 saturated heterocycles. The fourth-order valence-corrected chi connectivity index (χ4v) is 5.91.